The predicted octanol–water partition coefficient (Wildman–Crippen LogP) is 2.84. The first-order valence-corrected chi connectivity index (χ1v) is 11.9. The monoisotopic (exact) mass is 504 g/mol. The van der Waals surface area contributed by atoms with Crippen LogP contribution in [0.25, 0.3) is 5.57 Å². The summed E-state index contributed by atoms with van der Waals surface area (Å²) >= 11 is 0. The Kier molecular flexibility index (Phi) is 7.39. The Hall–Kier alpha value is -3.34. The zero-order chi connectivity index (χ0) is 26.0. The van der Waals surface area contributed by atoms with Gasteiger partial charge in [0.05, 0.1) is 19.2 Å². The number of halogens is 3. The first-order valence-electron chi connectivity index (χ1n) is 11.9. The standard InChI is InChI=1S/C25H31F3N6O2/c1-15(35)33-8-6-21(32-18-7-10-36-14-18)20(13-33)24(30)34-9-5-17-11-16(3-4-22(17)34)19(12-31-2)23(29)25(26,27)28/h3-4,11-12,18,30,32H,5-10,13-14,29H2,1-2H3. The molecule has 4 N–H and O–H groups in total. The molecule has 194 valence electrons. The van der Waals surface area contributed by atoms with Crippen LogP contribution < -0.4 is 16.0 Å². The molecule has 4 rings (SSSR count). The smallest absolute Gasteiger partial charge is 0.394 e. The van der Waals surface area contributed by atoms with E-state index >= 15 is 0 Å². The van der Waals surface area contributed by atoms with Crippen molar-refractivity contribution >= 4 is 29.2 Å². The molecule has 0 spiro atoms. The summed E-state index contributed by atoms with van der Waals surface area (Å²) in [6.45, 7) is 4.24. The second-order valence-electron chi connectivity index (χ2n) is 9.16. The van der Waals surface area contributed by atoms with E-state index in [9.17, 15) is 18.0 Å². The number of alkyl halides is 3. The van der Waals surface area contributed by atoms with Gasteiger partial charge in [0.2, 0.25) is 5.91 Å². The van der Waals surface area contributed by atoms with E-state index < -0.39 is 11.9 Å². The van der Waals surface area contributed by atoms with Gasteiger partial charge in [-0.15, -0.1) is 0 Å². The van der Waals surface area contributed by atoms with E-state index in [1.54, 1.807) is 23.1 Å². The summed E-state index contributed by atoms with van der Waals surface area (Å²) in [7, 11) is 1.39. The molecule has 1 aromatic rings. The van der Waals surface area contributed by atoms with Crippen molar-refractivity contribution in [2.45, 2.75) is 38.4 Å². The summed E-state index contributed by atoms with van der Waals surface area (Å²) < 4.78 is 45.4. The van der Waals surface area contributed by atoms with Gasteiger partial charge in [-0.05, 0) is 36.1 Å². The number of benzene rings is 1. The van der Waals surface area contributed by atoms with Crippen LogP contribution >= 0.6 is 0 Å². The number of nitrogens with one attached hydrogen (secondary N) is 2. The van der Waals surface area contributed by atoms with Gasteiger partial charge in [-0.25, -0.2) is 0 Å². The van der Waals surface area contributed by atoms with Gasteiger partial charge >= 0.3 is 6.18 Å². The number of rotatable bonds is 5. The van der Waals surface area contributed by atoms with Gasteiger partial charge in [-0.3, -0.25) is 15.2 Å². The maximum atomic E-state index is 13.3. The highest BCUT2D eigenvalue weighted by atomic mass is 19.4. The minimum Gasteiger partial charge on any atom is -0.394 e. The van der Waals surface area contributed by atoms with Crippen molar-refractivity contribution < 1.29 is 22.7 Å². The molecule has 3 heterocycles. The second-order valence-corrected chi connectivity index (χ2v) is 9.16. The van der Waals surface area contributed by atoms with Crippen LogP contribution in [0.1, 0.15) is 30.9 Å². The number of nitrogens with two attached hydrogens (primary N) is 1. The fourth-order valence-corrected chi connectivity index (χ4v) is 4.85. The van der Waals surface area contributed by atoms with E-state index in [4.69, 9.17) is 15.9 Å². The summed E-state index contributed by atoms with van der Waals surface area (Å²) in [5, 5.41) is 12.6. The van der Waals surface area contributed by atoms with Gasteiger partial charge in [0.15, 0.2) is 0 Å². The quantitative estimate of drug-likeness (QED) is 0.422. The van der Waals surface area contributed by atoms with Crippen molar-refractivity contribution in [1.82, 2.24) is 10.2 Å². The molecule has 0 aliphatic carbocycles. The Morgan fingerprint density at radius 1 is 1.31 bits per heavy atom. The minimum absolute atomic E-state index is 0.0471. The number of fused-ring (bicyclic) bond motifs is 1. The molecular weight excluding hydrogens is 473 g/mol. The van der Waals surface area contributed by atoms with Crippen LogP contribution in [0, 0.1) is 5.41 Å². The number of nitrogens with zero attached hydrogens (tertiary/aromatic N) is 3. The molecule has 0 radical (unpaired) electrons. The molecule has 0 bridgehead atoms. The number of ether oxygens (including phenoxy) is 1. The van der Waals surface area contributed by atoms with Crippen LogP contribution in [0.5, 0.6) is 0 Å². The Balaban J connectivity index is 1.65. The summed E-state index contributed by atoms with van der Waals surface area (Å²) in [4.78, 5) is 19.4. The summed E-state index contributed by atoms with van der Waals surface area (Å²) in [5.74, 6) is 0.240. The topological polar surface area (TPSA) is 107 Å². The molecule has 1 aromatic carbocycles. The number of hydrogen-bond acceptors (Lipinski definition) is 6. The Morgan fingerprint density at radius 3 is 2.72 bits per heavy atom. The number of anilines is 1. The number of allylic oxidation sites excluding steroid dienone is 2. The third-order valence-electron chi connectivity index (χ3n) is 6.79. The zero-order valence-corrected chi connectivity index (χ0v) is 20.4. The van der Waals surface area contributed by atoms with Gasteiger partial charge in [0, 0.05) is 68.8 Å². The zero-order valence-electron chi connectivity index (χ0n) is 20.4. The highest BCUT2D eigenvalue weighted by Crippen LogP contribution is 2.35. The fraction of sp³-hybridized carbons (Fsp3) is 0.480. The van der Waals surface area contributed by atoms with E-state index in [0.717, 1.165) is 35.2 Å². The van der Waals surface area contributed by atoms with Crippen molar-refractivity contribution in [3.63, 3.8) is 0 Å². The van der Waals surface area contributed by atoms with E-state index in [1.807, 2.05) is 4.90 Å². The second kappa shape index (κ2) is 10.3. The summed E-state index contributed by atoms with van der Waals surface area (Å²) in [6.07, 6.45) is -1.49. The molecule has 1 atom stereocenters. The lowest BCUT2D eigenvalue weighted by Crippen LogP contribution is -2.44. The molecule has 1 fully saturated rings. The van der Waals surface area contributed by atoms with Gasteiger partial charge in [0.25, 0.3) is 0 Å². The van der Waals surface area contributed by atoms with Crippen molar-refractivity contribution in [2.75, 3.05) is 44.8 Å². The number of amidine groups is 1. The third-order valence-corrected chi connectivity index (χ3v) is 6.79. The number of hydrogen-bond donors (Lipinski definition) is 3. The van der Waals surface area contributed by atoms with E-state index in [-0.39, 0.29) is 23.4 Å². The minimum atomic E-state index is -4.67. The van der Waals surface area contributed by atoms with Crippen molar-refractivity contribution in [3.05, 3.63) is 46.3 Å². The molecule has 36 heavy (non-hydrogen) atoms. The SMILES string of the molecule is CN=CC(=C(N)C(F)(F)F)c1ccc2c(c1)CCN2C(=N)C1=C(NC2CCOC2)CCN(C(C)=O)C1. The molecule has 0 saturated carbocycles. The Labute approximate surface area is 208 Å². The van der Waals surface area contributed by atoms with E-state index in [1.165, 1.54) is 14.0 Å². The van der Waals surface area contributed by atoms with E-state index in [2.05, 4.69) is 10.3 Å². The predicted molar refractivity (Wildman–Crippen MR) is 133 cm³/mol. The number of carbonyl (C=O) groups is 1. The maximum Gasteiger partial charge on any atom is 0.431 e. The fourth-order valence-electron chi connectivity index (χ4n) is 4.85. The molecule has 1 saturated heterocycles. The average molecular weight is 505 g/mol. The summed E-state index contributed by atoms with van der Waals surface area (Å²) in [6, 6.07) is 5.16. The maximum absolute atomic E-state index is 13.3. The molecule has 11 heteroatoms. The van der Waals surface area contributed by atoms with Crippen molar-refractivity contribution in [1.29, 1.82) is 5.41 Å². The molecule has 0 aromatic heterocycles. The molecular formula is C25H31F3N6O2. The molecule has 3 aliphatic rings. The number of carbonyl (C=O) groups excluding carboxylic acids is 1. The van der Waals surface area contributed by atoms with Crippen LogP contribution in [0.3, 0.4) is 0 Å². The first kappa shape index (κ1) is 25.7. The van der Waals surface area contributed by atoms with Crippen LogP contribution in [0.15, 0.2) is 40.2 Å². The lowest BCUT2D eigenvalue weighted by atomic mass is 10.00. The van der Waals surface area contributed by atoms with Gasteiger partial charge in [-0.1, -0.05) is 6.07 Å². The molecule has 1 unspecified atom stereocenters. The van der Waals surface area contributed by atoms with Gasteiger partial charge in [0.1, 0.15) is 11.5 Å². The van der Waals surface area contributed by atoms with Crippen LogP contribution in [0.4, 0.5) is 18.9 Å². The third kappa shape index (κ3) is 5.25. The lowest BCUT2D eigenvalue weighted by Gasteiger charge is -2.34. The molecule has 8 nitrogen and oxygen atoms in total. The molecule has 3 aliphatic heterocycles. The van der Waals surface area contributed by atoms with Crippen LogP contribution in [-0.2, 0) is 16.0 Å². The number of amides is 1. The largest absolute Gasteiger partial charge is 0.431 e. The first-order chi connectivity index (χ1) is 17.1. The van der Waals surface area contributed by atoms with E-state index in [0.29, 0.717) is 51.3 Å². The average Bonchev–Trinajstić information content (AvgIpc) is 3.50. The molecule has 1 amide bonds. The lowest BCUT2D eigenvalue weighted by molar-refractivity contribution is -0.128. The van der Waals surface area contributed by atoms with Gasteiger partial charge in [-0.2, -0.15) is 13.2 Å². The highest BCUT2D eigenvalue weighted by molar-refractivity contribution is 6.12. The number of aliphatic imine (C=N–C) groups is 1. The van der Waals surface area contributed by atoms with Gasteiger partial charge < -0.3 is 25.6 Å². The van der Waals surface area contributed by atoms with Crippen molar-refractivity contribution in [2.24, 2.45) is 10.7 Å². The van der Waals surface area contributed by atoms with Crippen LogP contribution in [-0.4, -0.2) is 75.0 Å². The highest BCUT2D eigenvalue weighted by Gasteiger charge is 2.35. The normalized spacial score (nSPS) is 21.2. The van der Waals surface area contributed by atoms with Crippen molar-refractivity contribution in [3.8, 4) is 0 Å². The summed E-state index contributed by atoms with van der Waals surface area (Å²) in [5.41, 5.74) is 7.65. The van der Waals surface area contributed by atoms with Crippen LogP contribution in [0.2, 0.25) is 0 Å². The Morgan fingerprint density at radius 2 is 2.08 bits per heavy atom. The Bertz CT molecular complexity index is 1140.